The van der Waals surface area contributed by atoms with Crippen LogP contribution in [0.4, 0.5) is 11.4 Å². The predicted molar refractivity (Wildman–Crippen MR) is 243 cm³/mol. The maximum Gasteiger partial charge on any atom is 0.137 e. The Bertz CT molecular complexity index is 3950. The van der Waals surface area contributed by atoms with Crippen molar-refractivity contribution in [2.45, 2.75) is 40.3 Å². The van der Waals surface area contributed by atoms with Crippen molar-refractivity contribution in [3.63, 3.8) is 0 Å². The Hall–Kier alpha value is -7.11. The zero-order chi connectivity index (χ0) is 47.8. The summed E-state index contributed by atoms with van der Waals surface area (Å²) in [5.74, 6) is -1.15. The molecule has 0 spiro atoms. The molecule has 4 heterocycles. The van der Waals surface area contributed by atoms with Crippen molar-refractivity contribution in [2.75, 3.05) is 4.90 Å². The molecular weight excluding hydrogens is 709 g/mol. The van der Waals surface area contributed by atoms with Gasteiger partial charge in [-0.2, -0.15) is 0 Å². The van der Waals surface area contributed by atoms with E-state index in [1.165, 1.54) is 22.9 Å². The molecule has 0 saturated heterocycles. The van der Waals surface area contributed by atoms with Crippen LogP contribution in [0.15, 0.2) is 164 Å². The van der Waals surface area contributed by atoms with Crippen molar-refractivity contribution in [2.24, 2.45) is 0 Å². The van der Waals surface area contributed by atoms with Gasteiger partial charge in [-0.1, -0.05) is 116 Å². The number of hydrogen-bond acceptors (Lipinski definition) is 3. The quantitative estimate of drug-likeness (QED) is 0.175. The number of aromatic nitrogens is 3. The Kier molecular flexibility index (Phi) is 5.76. The molecule has 0 bridgehead atoms. The lowest BCUT2D eigenvalue weighted by Crippen LogP contribution is -2.14. The first-order chi connectivity index (χ1) is 32.5. The summed E-state index contributed by atoms with van der Waals surface area (Å²) >= 11 is 0. The molecular formula is C53H42N4O. The smallest absolute Gasteiger partial charge is 0.137 e. The second-order valence-corrected chi connectivity index (χ2v) is 15.1. The highest BCUT2D eigenvalue weighted by atomic mass is 16.5. The number of hydrogen-bond donors (Lipinski definition) is 0. The monoisotopic (exact) mass is 760 g/mol. The van der Waals surface area contributed by atoms with Gasteiger partial charge in [0.2, 0.25) is 0 Å². The Morgan fingerprint density at radius 2 is 1.36 bits per heavy atom. The van der Waals surface area contributed by atoms with Crippen LogP contribution in [-0.4, -0.2) is 14.1 Å². The maximum absolute atomic E-state index is 9.38. The third-order valence-corrected chi connectivity index (χ3v) is 11.3. The molecule has 7 aromatic carbocycles. The van der Waals surface area contributed by atoms with E-state index >= 15 is 0 Å². The molecule has 0 atom stereocenters. The Morgan fingerprint density at radius 1 is 0.621 bits per heavy atom. The SMILES string of the molecule is [2H]c1c(Oc2cc3c(c([2H])c2[2H])c2c([2H])c([2H])c([2H])c([2H])c2n3-c2cc(C([2H])(C)C)ccn2)cc(N2Cn3c4c(C)cccc4c4cc(C)ccc4c4ccccc4c4cccc2c43)c([2H])c1[2H]. The number of anilines is 2. The van der Waals surface area contributed by atoms with E-state index < -0.39 is 36.1 Å². The highest BCUT2D eigenvalue weighted by molar-refractivity contribution is 6.21. The van der Waals surface area contributed by atoms with E-state index in [0.717, 1.165) is 60.2 Å². The lowest BCUT2D eigenvalue weighted by Gasteiger charge is -2.21. The molecule has 1 aliphatic heterocycles. The molecule has 58 heavy (non-hydrogen) atoms. The Morgan fingerprint density at radius 3 is 2.22 bits per heavy atom. The molecule has 1 aliphatic rings. The molecule has 0 aliphatic carbocycles. The third-order valence-electron chi connectivity index (χ3n) is 11.3. The van der Waals surface area contributed by atoms with Gasteiger partial charge in [0.15, 0.2) is 0 Å². The van der Waals surface area contributed by atoms with Crippen molar-refractivity contribution in [1.82, 2.24) is 14.1 Å². The summed E-state index contributed by atoms with van der Waals surface area (Å²) < 4.78 is 100. The summed E-state index contributed by atoms with van der Waals surface area (Å²) in [6.07, 6.45) is 1.51. The second-order valence-electron chi connectivity index (χ2n) is 15.1. The summed E-state index contributed by atoms with van der Waals surface area (Å²) in [6.45, 7) is 7.86. The van der Waals surface area contributed by atoms with E-state index in [1.807, 2.05) is 23.1 Å². The van der Waals surface area contributed by atoms with Crippen LogP contribution in [0.1, 0.15) is 50.1 Å². The topological polar surface area (TPSA) is 35.2 Å². The van der Waals surface area contributed by atoms with E-state index in [0.29, 0.717) is 5.56 Å². The average molecular weight is 761 g/mol. The summed E-state index contributed by atoms with van der Waals surface area (Å²) in [7, 11) is 0. The number of rotatable bonds is 5. The van der Waals surface area contributed by atoms with Crippen molar-refractivity contribution in [1.29, 1.82) is 0 Å². The van der Waals surface area contributed by atoms with E-state index in [2.05, 4.69) is 84.1 Å². The van der Waals surface area contributed by atoms with Crippen LogP contribution in [0.25, 0.3) is 71.0 Å². The zero-order valence-corrected chi connectivity index (χ0v) is 32.3. The normalized spacial score (nSPS) is 15.1. The highest BCUT2D eigenvalue weighted by Gasteiger charge is 2.25. The van der Waals surface area contributed by atoms with Crippen molar-refractivity contribution < 1.29 is 18.4 Å². The van der Waals surface area contributed by atoms with Gasteiger partial charge in [-0.05, 0) is 101 Å². The molecule has 3 aromatic heterocycles. The van der Waals surface area contributed by atoms with Gasteiger partial charge in [0.1, 0.15) is 24.0 Å². The number of pyridine rings is 1. The lowest BCUT2D eigenvalue weighted by atomic mass is 9.99. The van der Waals surface area contributed by atoms with Crippen molar-refractivity contribution in [3.8, 4) is 17.3 Å². The standard InChI is InChI=1S/C53H42N4O/c1-33(2)36-26-27-54-51(29-36)57-48-20-8-7-17-43(48)44-25-23-39(31-50(44)57)58-38-14-10-13-37(30-38)55-32-56-52-35(4)12-9-18-46(52)47-28-34(3)22-24-42(47)40-15-5-6-16-41(40)45-19-11-21-49(55)53(45)56/h5-31,33H,32H2,1-4H3/i7D,8D,10D,13D,14D,17D,20D,23D,25D,33D. The van der Waals surface area contributed by atoms with Crippen LogP contribution in [-0.2, 0) is 6.67 Å². The minimum atomic E-state index is -1.06. The third kappa shape index (κ3) is 5.34. The fourth-order valence-electron chi connectivity index (χ4n) is 8.61. The van der Waals surface area contributed by atoms with E-state index in [-0.39, 0.29) is 75.6 Å². The van der Waals surface area contributed by atoms with E-state index in [1.54, 1.807) is 26.0 Å². The van der Waals surface area contributed by atoms with Gasteiger partial charge in [0, 0.05) is 46.9 Å². The van der Waals surface area contributed by atoms with Crippen LogP contribution in [0, 0.1) is 13.8 Å². The maximum atomic E-state index is 9.38. The van der Waals surface area contributed by atoms with E-state index in [9.17, 15) is 4.11 Å². The van der Waals surface area contributed by atoms with Crippen LogP contribution >= 0.6 is 0 Å². The number of benzene rings is 7. The van der Waals surface area contributed by atoms with Gasteiger partial charge < -0.3 is 14.2 Å². The molecule has 0 N–H and O–H groups in total. The fraction of sp³-hybridized carbons (Fsp3) is 0.113. The zero-order valence-electron chi connectivity index (χ0n) is 42.3. The minimum absolute atomic E-state index is 0.0261. The molecule has 0 amide bonds. The molecule has 10 aromatic rings. The molecule has 0 saturated carbocycles. The number of nitrogens with zero attached hydrogens (tertiary/aromatic N) is 4. The molecule has 11 rings (SSSR count). The molecule has 0 fully saturated rings. The van der Waals surface area contributed by atoms with Crippen LogP contribution in [0.2, 0.25) is 0 Å². The van der Waals surface area contributed by atoms with Gasteiger partial charge in [-0.3, -0.25) is 4.57 Å². The summed E-state index contributed by atoms with van der Waals surface area (Å²) in [4.78, 5) is 6.53. The molecule has 5 nitrogen and oxygen atoms in total. The average Bonchev–Trinajstić information content (AvgIpc) is 3.89. The summed E-state index contributed by atoms with van der Waals surface area (Å²) in [5.41, 5.74) is 5.94. The van der Waals surface area contributed by atoms with Crippen molar-refractivity contribution in [3.05, 3.63) is 180 Å². The summed E-state index contributed by atoms with van der Waals surface area (Å²) in [6, 6.07) is 30.1. The molecule has 0 unspecified atom stereocenters. The first-order valence-corrected chi connectivity index (χ1v) is 19.2. The molecule has 5 heteroatoms. The van der Waals surface area contributed by atoms with Crippen molar-refractivity contribution >= 4 is 76.5 Å². The Labute approximate surface area is 351 Å². The molecule has 0 radical (unpaired) electrons. The number of aryl methyl sites for hydroxylation is 2. The van der Waals surface area contributed by atoms with Crippen LogP contribution in [0.5, 0.6) is 11.5 Å². The van der Waals surface area contributed by atoms with Gasteiger partial charge in [0.25, 0.3) is 0 Å². The van der Waals surface area contributed by atoms with Gasteiger partial charge >= 0.3 is 0 Å². The van der Waals surface area contributed by atoms with Gasteiger partial charge in [0.05, 0.1) is 40.1 Å². The van der Waals surface area contributed by atoms with E-state index in [4.69, 9.17) is 14.3 Å². The highest BCUT2D eigenvalue weighted by Crippen LogP contribution is 2.44. The number of para-hydroxylation sites is 3. The van der Waals surface area contributed by atoms with Gasteiger partial charge in [-0.15, -0.1) is 0 Å². The predicted octanol–water partition coefficient (Wildman–Crippen LogP) is 14.4. The minimum Gasteiger partial charge on any atom is -0.457 e. The number of ether oxygens (including phenoxy) is 1. The fourth-order valence-corrected chi connectivity index (χ4v) is 8.61. The Balaban J connectivity index is 1.15. The first kappa shape index (κ1) is 25.2. The van der Waals surface area contributed by atoms with Crippen LogP contribution < -0.4 is 9.64 Å². The lowest BCUT2D eigenvalue weighted by molar-refractivity contribution is 0.483. The van der Waals surface area contributed by atoms with Crippen LogP contribution in [0.3, 0.4) is 0 Å². The van der Waals surface area contributed by atoms with Gasteiger partial charge in [-0.25, -0.2) is 4.98 Å². The molecule has 280 valence electrons. The summed E-state index contributed by atoms with van der Waals surface area (Å²) in [5, 5.41) is 6.43. The first-order valence-electron chi connectivity index (χ1n) is 24.2. The number of fused-ring (bicyclic) bond motifs is 10. The second kappa shape index (κ2) is 13.2. The largest absolute Gasteiger partial charge is 0.457 e.